The molecule has 126 valence electrons. The molecule has 2 aromatic rings. The van der Waals surface area contributed by atoms with Crippen LogP contribution in [0.1, 0.15) is 11.1 Å². The zero-order chi connectivity index (χ0) is 18.0. The average Bonchev–Trinajstić information content (AvgIpc) is 2.85. The van der Waals surface area contributed by atoms with Gasteiger partial charge in [-0.15, -0.1) is 0 Å². The second-order valence-electron chi connectivity index (χ2n) is 5.21. The molecule has 0 saturated carbocycles. The third-order valence-corrected chi connectivity index (χ3v) is 4.84. The number of nitrogens with zero attached hydrogens (tertiary/aromatic N) is 2. The number of imide groups is 1. The maximum Gasteiger partial charge on any atom is 0.293 e. The number of carbonyl (C=O) groups excluding carboxylic acids is 2. The van der Waals surface area contributed by atoms with Crippen LogP contribution in [0.3, 0.4) is 0 Å². The molecular weight excluding hydrogens is 364 g/mol. The van der Waals surface area contributed by atoms with Gasteiger partial charge in [0.05, 0.1) is 16.4 Å². The monoisotopic (exact) mass is 374 g/mol. The Kier molecular flexibility index (Phi) is 4.87. The first-order valence-electron chi connectivity index (χ1n) is 7.19. The van der Waals surface area contributed by atoms with Gasteiger partial charge >= 0.3 is 0 Å². The molecule has 1 saturated heterocycles. The highest BCUT2D eigenvalue weighted by atomic mass is 35.5. The van der Waals surface area contributed by atoms with Crippen LogP contribution in [-0.2, 0) is 11.3 Å². The summed E-state index contributed by atoms with van der Waals surface area (Å²) >= 11 is 6.91. The highest BCUT2D eigenvalue weighted by Gasteiger charge is 2.35. The number of non-ortho nitro benzene ring substituents is 1. The number of nitro benzene ring substituents is 1. The molecule has 8 heteroatoms. The minimum absolute atomic E-state index is 0.0380. The number of thioether (sulfide) groups is 1. The van der Waals surface area contributed by atoms with Crippen molar-refractivity contribution in [1.82, 2.24) is 4.90 Å². The van der Waals surface area contributed by atoms with Gasteiger partial charge in [-0.3, -0.25) is 24.6 Å². The predicted molar refractivity (Wildman–Crippen MR) is 96.1 cm³/mol. The van der Waals surface area contributed by atoms with Crippen LogP contribution in [0.25, 0.3) is 6.08 Å². The molecular formula is C17H11ClN2O4S. The Balaban J connectivity index is 1.81. The van der Waals surface area contributed by atoms with E-state index in [-0.39, 0.29) is 22.4 Å². The molecule has 0 unspecified atom stereocenters. The zero-order valence-corrected chi connectivity index (χ0v) is 14.3. The van der Waals surface area contributed by atoms with Crippen molar-refractivity contribution in [2.24, 2.45) is 0 Å². The number of amides is 2. The summed E-state index contributed by atoms with van der Waals surface area (Å²) < 4.78 is 0. The number of hydrogen-bond donors (Lipinski definition) is 0. The zero-order valence-electron chi connectivity index (χ0n) is 12.7. The Morgan fingerprint density at radius 3 is 2.44 bits per heavy atom. The van der Waals surface area contributed by atoms with Crippen LogP contribution < -0.4 is 0 Å². The molecule has 25 heavy (non-hydrogen) atoms. The van der Waals surface area contributed by atoms with Crippen molar-refractivity contribution in [3.8, 4) is 0 Å². The predicted octanol–water partition coefficient (Wildman–Crippen LogP) is 4.48. The first-order valence-corrected chi connectivity index (χ1v) is 8.38. The van der Waals surface area contributed by atoms with Crippen LogP contribution >= 0.6 is 23.4 Å². The molecule has 0 bridgehead atoms. The van der Waals surface area contributed by atoms with Crippen LogP contribution in [0.4, 0.5) is 10.5 Å². The smallest absolute Gasteiger partial charge is 0.268 e. The Bertz CT molecular complexity index is 896. The molecule has 2 aromatic carbocycles. The van der Waals surface area contributed by atoms with Crippen LogP contribution in [0.5, 0.6) is 0 Å². The SMILES string of the molecule is O=C1S/C(=C/c2ccc([N+](=O)[O-])cc2)C(=O)N1Cc1ccccc1Cl. The van der Waals surface area contributed by atoms with E-state index in [0.29, 0.717) is 16.1 Å². The van der Waals surface area contributed by atoms with Crippen LogP contribution in [0, 0.1) is 10.1 Å². The number of benzene rings is 2. The first kappa shape index (κ1) is 17.2. The third-order valence-electron chi connectivity index (χ3n) is 3.56. The molecule has 0 N–H and O–H groups in total. The fraction of sp³-hybridized carbons (Fsp3) is 0.0588. The summed E-state index contributed by atoms with van der Waals surface area (Å²) in [5.74, 6) is -0.409. The van der Waals surface area contributed by atoms with Gasteiger partial charge in [-0.05, 0) is 47.2 Å². The first-order chi connectivity index (χ1) is 12.0. The van der Waals surface area contributed by atoms with E-state index < -0.39 is 10.8 Å². The molecule has 2 amide bonds. The van der Waals surface area contributed by atoms with Crippen LogP contribution in [0.15, 0.2) is 53.4 Å². The molecule has 1 aliphatic heterocycles. The molecule has 3 rings (SSSR count). The summed E-state index contributed by atoms with van der Waals surface area (Å²) in [5, 5.41) is 10.8. The highest BCUT2D eigenvalue weighted by molar-refractivity contribution is 8.18. The van der Waals surface area contributed by atoms with E-state index in [0.717, 1.165) is 16.7 Å². The van der Waals surface area contributed by atoms with Crippen molar-refractivity contribution < 1.29 is 14.5 Å². The summed E-state index contributed by atoms with van der Waals surface area (Å²) in [5.41, 5.74) is 1.25. The van der Waals surface area contributed by atoms with Gasteiger partial charge in [-0.1, -0.05) is 29.8 Å². The molecule has 0 radical (unpaired) electrons. The Labute approximate surface area is 152 Å². The van der Waals surface area contributed by atoms with E-state index in [1.807, 2.05) is 0 Å². The summed E-state index contributed by atoms with van der Waals surface area (Å²) in [6, 6.07) is 12.8. The molecule has 6 nitrogen and oxygen atoms in total. The maximum absolute atomic E-state index is 12.5. The van der Waals surface area contributed by atoms with E-state index >= 15 is 0 Å². The van der Waals surface area contributed by atoms with E-state index in [9.17, 15) is 19.7 Å². The van der Waals surface area contributed by atoms with Gasteiger partial charge in [0.1, 0.15) is 0 Å². The maximum atomic E-state index is 12.5. The molecule has 1 aliphatic rings. The summed E-state index contributed by atoms with van der Waals surface area (Å²) in [7, 11) is 0. The standard InChI is InChI=1S/C17H11ClN2O4S/c18-14-4-2-1-3-12(14)10-19-16(21)15(25-17(19)22)9-11-5-7-13(8-6-11)20(23)24/h1-9H,10H2/b15-9+. The Morgan fingerprint density at radius 1 is 1.12 bits per heavy atom. The summed E-state index contributed by atoms with van der Waals surface area (Å²) in [4.78, 5) is 36.2. The van der Waals surface area contributed by atoms with Gasteiger partial charge in [0, 0.05) is 17.2 Å². The van der Waals surface area contributed by atoms with Crippen molar-refractivity contribution in [2.75, 3.05) is 0 Å². The second kappa shape index (κ2) is 7.08. The van der Waals surface area contributed by atoms with E-state index in [4.69, 9.17) is 11.6 Å². The van der Waals surface area contributed by atoms with Gasteiger partial charge < -0.3 is 0 Å². The van der Waals surface area contributed by atoms with Crippen molar-refractivity contribution in [1.29, 1.82) is 0 Å². The largest absolute Gasteiger partial charge is 0.293 e. The minimum atomic E-state index is -0.499. The molecule has 0 atom stereocenters. The molecule has 1 heterocycles. The Hall–Kier alpha value is -2.64. The van der Waals surface area contributed by atoms with Crippen LogP contribution in [0.2, 0.25) is 5.02 Å². The minimum Gasteiger partial charge on any atom is -0.268 e. The average molecular weight is 375 g/mol. The van der Waals surface area contributed by atoms with Crippen molar-refractivity contribution in [3.05, 3.63) is 79.7 Å². The topological polar surface area (TPSA) is 80.5 Å². The molecule has 0 spiro atoms. The van der Waals surface area contributed by atoms with Crippen molar-refractivity contribution in [2.45, 2.75) is 6.54 Å². The third kappa shape index (κ3) is 3.72. The van der Waals surface area contributed by atoms with E-state index in [2.05, 4.69) is 0 Å². The lowest BCUT2D eigenvalue weighted by Gasteiger charge is -2.13. The molecule has 0 aromatic heterocycles. The van der Waals surface area contributed by atoms with Gasteiger partial charge in [0.2, 0.25) is 0 Å². The lowest BCUT2D eigenvalue weighted by atomic mass is 10.2. The number of rotatable bonds is 4. The normalized spacial score (nSPS) is 15.9. The molecule has 0 aliphatic carbocycles. The van der Waals surface area contributed by atoms with Crippen LogP contribution in [-0.4, -0.2) is 21.0 Å². The number of carbonyl (C=O) groups is 2. The number of hydrogen-bond acceptors (Lipinski definition) is 5. The van der Waals surface area contributed by atoms with Gasteiger partial charge in [0.15, 0.2) is 0 Å². The Morgan fingerprint density at radius 2 is 1.80 bits per heavy atom. The quantitative estimate of drug-likeness (QED) is 0.447. The number of nitro groups is 1. The lowest BCUT2D eigenvalue weighted by molar-refractivity contribution is -0.384. The summed E-state index contributed by atoms with van der Waals surface area (Å²) in [6.07, 6.45) is 1.54. The van der Waals surface area contributed by atoms with Crippen molar-refractivity contribution in [3.63, 3.8) is 0 Å². The molecule has 1 fully saturated rings. The van der Waals surface area contributed by atoms with Gasteiger partial charge in [-0.25, -0.2) is 0 Å². The lowest BCUT2D eigenvalue weighted by Crippen LogP contribution is -2.27. The van der Waals surface area contributed by atoms with E-state index in [1.165, 1.54) is 24.3 Å². The fourth-order valence-corrected chi connectivity index (χ4v) is 3.31. The summed E-state index contributed by atoms with van der Waals surface area (Å²) in [6.45, 7) is 0.0991. The fourth-order valence-electron chi connectivity index (χ4n) is 2.28. The number of halogens is 1. The van der Waals surface area contributed by atoms with Crippen molar-refractivity contribution >= 4 is 46.3 Å². The second-order valence-corrected chi connectivity index (χ2v) is 6.61. The van der Waals surface area contributed by atoms with Gasteiger partial charge in [0.25, 0.3) is 16.8 Å². The highest BCUT2D eigenvalue weighted by Crippen LogP contribution is 2.34. The van der Waals surface area contributed by atoms with Gasteiger partial charge in [-0.2, -0.15) is 0 Å². The van der Waals surface area contributed by atoms with E-state index in [1.54, 1.807) is 30.3 Å².